The summed E-state index contributed by atoms with van der Waals surface area (Å²) in [5.74, 6) is 0. The average molecular weight is 287 g/mol. The smallest absolute Gasteiger partial charge is 0.00466 e. The Balaban J connectivity index is 1.85. The molecule has 1 aliphatic carbocycles. The van der Waals surface area contributed by atoms with Crippen molar-refractivity contribution < 1.29 is 0 Å². The first-order chi connectivity index (χ1) is 10.3. The van der Waals surface area contributed by atoms with Gasteiger partial charge in [-0.15, -0.1) is 0 Å². The molecule has 1 aromatic rings. The van der Waals surface area contributed by atoms with E-state index in [4.69, 9.17) is 0 Å². The number of benzene rings is 1. The Morgan fingerprint density at radius 1 is 0.952 bits per heavy atom. The largest absolute Gasteiger partial charge is 0.320 e. The lowest BCUT2D eigenvalue weighted by Gasteiger charge is -2.29. The van der Waals surface area contributed by atoms with Crippen LogP contribution in [0.1, 0.15) is 69.4 Å². The van der Waals surface area contributed by atoms with Crippen molar-refractivity contribution in [2.75, 3.05) is 13.6 Å². The summed E-state index contributed by atoms with van der Waals surface area (Å²) in [6.07, 6.45) is 13.6. The number of hydrogen-bond donors (Lipinski definition) is 1. The van der Waals surface area contributed by atoms with Crippen LogP contribution in [0.3, 0.4) is 0 Å². The third kappa shape index (κ3) is 5.14. The summed E-state index contributed by atoms with van der Waals surface area (Å²) < 4.78 is 0. The van der Waals surface area contributed by atoms with Crippen LogP contribution in [0, 0.1) is 5.41 Å². The molecule has 0 aliphatic heterocycles. The van der Waals surface area contributed by atoms with Gasteiger partial charge in [0.05, 0.1) is 0 Å². The summed E-state index contributed by atoms with van der Waals surface area (Å²) >= 11 is 0. The van der Waals surface area contributed by atoms with Crippen LogP contribution < -0.4 is 5.32 Å². The first-order valence-electron chi connectivity index (χ1n) is 9.00. The molecule has 1 nitrogen and oxygen atoms in total. The van der Waals surface area contributed by atoms with E-state index in [2.05, 4.69) is 43.6 Å². The lowest BCUT2D eigenvalue weighted by atomic mass is 9.77. The Morgan fingerprint density at radius 3 is 2.14 bits per heavy atom. The van der Waals surface area contributed by atoms with Crippen molar-refractivity contribution in [1.82, 2.24) is 5.32 Å². The number of aryl methyl sites for hydroxylation is 2. The van der Waals surface area contributed by atoms with E-state index in [0.29, 0.717) is 5.41 Å². The molecule has 118 valence electrons. The zero-order chi connectivity index (χ0) is 15.0. The fourth-order valence-corrected chi connectivity index (χ4v) is 3.80. The Kier molecular flexibility index (Phi) is 6.76. The van der Waals surface area contributed by atoms with Crippen LogP contribution in [0.25, 0.3) is 0 Å². The van der Waals surface area contributed by atoms with Crippen molar-refractivity contribution in [3.05, 3.63) is 35.4 Å². The van der Waals surface area contributed by atoms with Gasteiger partial charge >= 0.3 is 0 Å². The minimum absolute atomic E-state index is 0.629. The number of rotatable bonds is 9. The molecule has 1 N–H and O–H groups in total. The van der Waals surface area contributed by atoms with Crippen LogP contribution in [0.5, 0.6) is 0 Å². The molecule has 1 aromatic carbocycles. The molecule has 1 saturated carbocycles. The van der Waals surface area contributed by atoms with Crippen LogP contribution in [0.4, 0.5) is 0 Å². The Morgan fingerprint density at radius 2 is 1.57 bits per heavy atom. The van der Waals surface area contributed by atoms with Gasteiger partial charge < -0.3 is 5.32 Å². The molecule has 0 radical (unpaired) electrons. The highest BCUT2D eigenvalue weighted by Gasteiger charge is 2.32. The third-order valence-electron chi connectivity index (χ3n) is 5.36. The van der Waals surface area contributed by atoms with Gasteiger partial charge in [-0.05, 0) is 75.1 Å². The van der Waals surface area contributed by atoms with Gasteiger partial charge in [0.15, 0.2) is 0 Å². The van der Waals surface area contributed by atoms with Crippen molar-refractivity contribution in [2.24, 2.45) is 5.41 Å². The van der Waals surface area contributed by atoms with E-state index in [1.165, 1.54) is 81.9 Å². The Labute approximate surface area is 131 Å². The molecular weight excluding hydrogens is 254 g/mol. The van der Waals surface area contributed by atoms with Gasteiger partial charge in [-0.2, -0.15) is 0 Å². The second-order valence-corrected chi connectivity index (χ2v) is 6.98. The zero-order valence-corrected chi connectivity index (χ0v) is 14.1. The van der Waals surface area contributed by atoms with Crippen molar-refractivity contribution in [3.63, 3.8) is 0 Å². The van der Waals surface area contributed by atoms with Crippen molar-refractivity contribution in [3.8, 4) is 0 Å². The summed E-state index contributed by atoms with van der Waals surface area (Å²) in [7, 11) is 2.08. The molecule has 1 fully saturated rings. The maximum Gasteiger partial charge on any atom is -0.00466 e. The van der Waals surface area contributed by atoms with Crippen molar-refractivity contribution in [1.29, 1.82) is 0 Å². The average Bonchev–Trinajstić information content (AvgIpc) is 2.99. The normalized spacial score (nSPS) is 17.2. The fraction of sp³-hybridized carbons (Fsp3) is 0.700. The lowest BCUT2D eigenvalue weighted by Crippen LogP contribution is -2.23. The molecule has 21 heavy (non-hydrogen) atoms. The first-order valence-corrected chi connectivity index (χ1v) is 9.00. The highest BCUT2D eigenvalue weighted by molar-refractivity contribution is 5.23. The Bertz CT molecular complexity index is 387. The van der Waals surface area contributed by atoms with Crippen LogP contribution in [-0.4, -0.2) is 13.6 Å². The van der Waals surface area contributed by atoms with Crippen LogP contribution in [0.15, 0.2) is 24.3 Å². The minimum atomic E-state index is 0.629. The van der Waals surface area contributed by atoms with Crippen LogP contribution in [-0.2, 0) is 12.8 Å². The highest BCUT2D eigenvalue weighted by Crippen LogP contribution is 2.44. The van der Waals surface area contributed by atoms with E-state index in [-0.39, 0.29) is 0 Å². The molecule has 1 heteroatoms. The summed E-state index contributed by atoms with van der Waals surface area (Å²) in [6, 6.07) is 9.43. The SMILES string of the molecule is CCCCc1ccc(CCC2(CCNC)CCCC2)cc1. The number of hydrogen-bond acceptors (Lipinski definition) is 1. The molecule has 0 spiro atoms. The molecular formula is C20H33N. The summed E-state index contributed by atoms with van der Waals surface area (Å²) in [4.78, 5) is 0. The second-order valence-electron chi connectivity index (χ2n) is 6.98. The van der Waals surface area contributed by atoms with Gasteiger partial charge in [-0.3, -0.25) is 0 Å². The molecule has 0 unspecified atom stereocenters. The molecule has 0 atom stereocenters. The minimum Gasteiger partial charge on any atom is -0.320 e. The monoisotopic (exact) mass is 287 g/mol. The Hall–Kier alpha value is -0.820. The van der Waals surface area contributed by atoms with E-state index in [1.54, 1.807) is 0 Å². The maximum absolute atomic E-state index is 3.34. The second kappa shape index (κ2) is 8.58. The van der Waals surface area contributed by atoms with E-state index in [9.17, 15) is 0 Å². The quantitative estimate of drug-likeness (QED) is 0.664. The predicted octanol–water partition coefficient (Wildman–Crippen LogP) is 5.13. The third-order valence-corrected chi connectivity index (χ3v) is 5.36. The molecule has 2 rings (SSSR count). The van der Waals surface area contributed by atoms with Gasteiger partial charge in [0.25, 0.3) is 0 Å². The van der Waals surface area contributed by atoms with E-state index < -0.39 is 0 Å². The van der Waals surface area contributed by atoms with Gasteiger partial charge in [-0.25, -0.2) is 0 Å². The zero-order valence-electron chi connectivity index (χ0n) is 14.1. The maximum atomic E-state index is 3.34. The molecule has 0 bridgehead atoms. The molecule has 1 aliphatic rings. The van der Waals surface area contributed by atoms with Crippen LogP contribution >= 0.6 is 0 Å². The van der Waals surface area contributed by atoms with E-state index in [0.717, 1.165) is 0 Å². The topological polar surface area (TPSA) is 12.0 Å². The van der Waals surface area contributed by atoms with Gasteiger partial charge in [-0.1, -0.05) is 50.5 Å². The number of unbranched alkanes of at least 4 members (excludes halogenated alkanes) is 1. The first kappa shape index (κ1) is 16.5. The molecule has 0 heterocycles. The fourth-order valence-electron chi connectivity index (χ4n) is 3.80. The van der Waals surface area contributed by atoms with Gasteiger partial charge in [0.2, 0.25) is 0 Å². The molecule has 0 aromatic heterocycles. The van der Waals surface area contributed by atoms with Gasteiger partial charge in [0.1, 0.15) is 0 Å². The van der Waals surface area contributed by atoms with Crippen molar-refractivity contribution >= 4 is 0 Å². The summed E-state index contributed by atoms with van der Waals surface area (Å²) in [6.45, 7) is 3.44. The standard InChI is InChI=1S/C20H33N/c1-3-4-7-18-8-10-19(11-9-18)12-15-20(16-17-21-2)13-5-6-14-20/h8-11,21H,3-7,12-17H2,1-2H3. The van der Waals surface area contributed by atoms with Gasteiger partial charge in [0, 0.05) is 0 Å². The van der Waals surface area contributed by atoms with Crippen molar-refractivity contribution in [2.45, 2.75) is 71.1 Å². The predicted molar refractivity (Wildman–Crippen MR) is 92.8 cm³/mol. The summed E-state index contributed by atoms with van der Waals surface area (Å²) in [5, 5.41) is 3.34. The summed E-state index contributed by atoms with van der Waals surface area (Å²) in [5.41, 5.74) is 3.67. The highest BCUT2D eigenvalue weighted by atomic mass is 14.8. The van der Waals surface area contributed by atoms with Crippen LogP contribution in [0.2, 0.25) is 0 Å². The van der Waals surface area contributed by atoms with E-state index >= 15 is 0 Å². The van der Waals surface area contributed by atoms with E-state index in [1.807, 2.05) is 0 Å². The number of nitrogens with one attached hydrogen (secondary N) is 1. The molecule has 0 saturated heterocycles. The molecule has 0 amide bonds. The lowest BCUT2D eigenvalue weighted by molar-refractivity contribution is 0.247.